The van der Waals surface area contributed by atoms with Crippen molar-refractivity contribution in [2.45, 2.75) is 37.0 Å². The lowest BCUT2D eigenvalue weighted by atomic mass is 9.23. The van der Waals surface area contributed by atoms with Gasteiger partial charge in [-0.05, 0) is 385 Å². The first-order valence-electron chi connectivity index (χ1n) is 29.8. The minimum Gasteiger partial charge on any atom is -0.299 e. The van der Waals surface area contributed by atoms with E-state index in [1.165, 1.54) is 0 Å². The summed E-state index contributed by atoms with van der Waals surface area (Å²) in [6, 6.07) is 0. The smallest absolute Gasteiger partial charge is 0.137 e. The number of hydrogen-bond acceptors (Lipinski definition) is 1. The molecular formula is C77H10O. The Labute approximate surface area is 423 Å². The van der Waals surface area contributed by atoms with Gasteiger partial charge in [0.2, 0.25) is 0 Å². The van der Waals surface area contributed by atoms with Crippen LogP contribution in [0.3, 0.4) is 0 Å². The third-order valence-corrected chi connectivity index (χ3v) is 30.5. The van der Waals surface area contributed by atoms with E-state index in [1.807, 2.05) is 0 Å². The Morgan fingerprint density at radius 3 is 0.667 bits per heavy atom. The van der Waals surface area contributed by atoms with Gasteiger partial charge in [-0.15, -0.1) is 0 Å². The zero-order valence-electron chi connectivity index (χ0n) is 40.1. The van der Waals surface area contributed by atoms with E-state index in [-0.39, 0.29) is 16.7 Å². The minimum absolute atomic E-state index is 0.0474. The maximum Gasteiger partial charge on any atom is 0.137 e. The molecule has 78 heavy (non-hydrogen) atoms. The number of carbonyl (C=O) groups excluding carboxylic acids is 1. The van der Waals surface area contributed by atoms with Crippen molar-refractivity contribution in [1.82, 2.24) is 0 Å². The molecule has 0 bridgehead atoms. The molecular weight excluding hydrogens is 941 g/mol. The number of carbonyl (C=O) groups is 1. The Morgan fingerprint density at radius 2 is 0.397 bits per heavy atom. The Kier molecular flexibility index (Phi) is 2.23. The van der Waals surface area contributed by atoms with Crippen LogP contribution in [0, 0.1) is 11.3 Å². The highest BCUT2D eigenvalue weighted by Crippen LogP contribution is 2.93. The molecule has 2 fully saturated rings. The molecule has 2 saturated carbocycles. The SMILES string of the molecule is C[C@]12CCCC(=O)[C@H]1C13c4c5c6c7c8c9c%10c(c%11c1c1c%12c4c4c5c5c%13c6c8c6c8c9c9c%14c%10c%10c%11c%11c1c1c%12c%12c4c4c5c5c%13c6c6c%13c8c9c8c9c%14c%10c%10c%11c%11c1c1c%12c4c4c5c6c5c%13c8c6c9c%10c%11c8c1c4c5c86)C732. The van der Waals surface area contributed by atoms with E-state index >= 15 is 4.79 Å². The molecule has 1 nitrogen and oxygen atoms in total. The van der Waals surface area contributed by atoms with Crippen LogP contribution >= 0.6 is 0 Å². The summed E-state index contributed by atoms with van der Waals surface area (Å²) in [6.07, 6.45) is 2.86. The van der Waals surface area contributed by atoms with Crippen molar-refractivity contribution in [3.05, 3.63) is 22.3 Å². The number of ketones is 1. The fourth-order valence-corrected chi connectivity index (χ4v) is 30.9. The highest BCUT2D eigenvalue weighted by Gasteiger charge is 2.87. The van der Waals surface area contributed by atoms with Crippen LogP contribution < -0.4 is 0 Å². The summed E-state index contributed by atoms with van der Waals surface area (Å²) in [7, 11) is 0. The summed E-state index contributed by atoms with van der Waals surface area (Å²) in [5, 5.41) is 105. The monoisotopic (exact) mass is 950 g/mol. The lowest BCUT2D eigenvalue weighted by Crippen LogP contribution is -2.79. The van der Waals surface area contributed by atoms with Crippen LogP contribution in [0.2, 0.25) is 0 Å². The van der Waals surface area contributed by atoms with Gasteiger partial charge in [-0.1, -0.05) is 6.92 Å². The number of fused-ring (bicyclic) bond motifs is 1. The molecule has 0 aliphatic heterocycles. The second kappa shape index (κ2) is 6.16. The van der Waals surface area contributed by atoms with Gasteiger partial charge in [-0.2, -0.15) is 0 Å². The van der Waals surface area contributed by atoms with Crippen LogP contribution in [-0.4, -0.2) is 5.78 Å². The summed E-state index contributed by atoms with van der Waals surface area (Å²) in [4.78, 5) is 16.4. The van der Waals surface area contributed by atoms with E-state index in [1.54, 1.807) is 367 Å². The highest BCUT2D eigenvalue weighted by atomic mass is 16.1. The van der Waals surface area contributed by atoms with E-state index in [2.05, 4.69) is 6.92 Å². The molecule has 33 aromatic rings. The zero-order valence-corrected chi connectivity index (χ0v) is 40.1. The van der Waals surface area contributed by atoms with E-state index < -0.39 is 5.41 Å². The van der Waals surface area contributed by atoms with Gasteiger partial charge in [0.25, 0.3) is 0 Å². The van der Waals surface area contributed by atoms with Gasteiger partial charge in [-0.3, -0.25) is 4.79 Å². The molecule has 1 heteroatoms. The number of hydrogen-bond donors (Lipinski definition) is 0. The topological polar surface area (TPSA) is 17.1 Å². The van der Waals surface area contributed by atoms with Gasteiger partial charge in [0.05, 0.1) is 0 Å². The first-order valence-corrected chi connectivity index (χ1v) is 29.8. The van der Waals surface area contributed by atoms with Crippen LogP contribution in [0.1, 0.15) is 48.4 Å². The molecule has 39 rings (SSSR count). The third-order valence-electron chi connectivity index (χ3n) is 30.5. The Morgan fingerprint density at radius 1 is 0.231 bits per heavy atom. The largest absolute Gasteiger partial charge is 0.299 e. The highest BCUT2D eigenvalue weighted by molar-refractivity contribution is 6.84. The molecule has 0 aromatic heterocycles. The van der Waals surface area contributed by atoms with Crippen LogP contribution in [0.25, 0.3) is 345 Å². The first kappa shape index (κ1) is 28.3. The minimum atomic E-state index is -0.449. The molecule has 2 unspecified atom stereocenters. The van der Waals surface area contributed by atoms with Crippen molar-refractivity contribution in [3.8, 4) is 0 Å². The Balaban J connectivity index is 1.16. The molecule has 324 valence electrons. The first-order chi connectivity index (χ1) is 38.7. The van der Waals surface area contributed by atoms with Crippen LogP contribution in [-0.2, 0) is 15.6 Å². The number of Topliss-reactive ketones (excluding diaryl/α,β-unsaturated/α-hetero) is 1. The van der Waals surface area contributed by atoms with E-state index in [4.69, 9.17) is 0 Å². The molecule has 0 saturated heterocycles. The lowest BCUT2D eigenvalue weighted by Gasteiger charge is -2.76. The second-order valence-electron chi connectivity index (χ2n) is 30.2. The zero-order chi connectivity index (χ0) is 46.0. The molecule has 0 heterocycles. The molecule has 6 aliphatic rings. The maximum absolute atomic E-state index is 16.4. The summed E-state index contributed by atoms with van der Waals surface area (Å²) >= 11 is 0. The molecule has 6 aliphatic carbocycles. The molecule has 0 amide bonds. The van der Waals surface area contributed by atoms with Gasteiger partial charge in [-0.25, -0.2) is 0 Å². The quantitative estimate of drug-likeness (QED) is 0.109. The van der Waals surface area contributed by atoms with Gasteiger partial charge >= 0.3 is 0 Å². The summed E-state index contributed by atoms with van der Waals surface area (Å²) in [5.41, 5.74) is 5.80. The van der Waals surface area contributed by atoms with E-state index in [0.717, 1.165) is 19.3 Å². The van der Waals surface area contributed by atoms with Crippen molar-refractivity contribution in [1.29, 1.82) is 0 Å². The van der Waals surface area contributed by atoms with E-state index in [9.17, 15) is 0 Å². The van der Waals surface area contributed by atoms with Gasteiger partial charge < -0.3 is 0 Å². The average molecular weight is 951 g/mol. The van der Waals surface area contributed by atoms with Crippen molar-refractivity contribution in [2.24, 2.45) is 11.3 Å². The summed E-state index contributed by atoms with van der Waals surface area (Å²) < 4.78 is 0. The van der Waals surface area contributed by atoms with Crippen LogP contribution in [0.4, 0.5) is 0 Å². The Hall–Kier alpha value is -9.17. The molecule has 33 aromatic carbocycles. The fourth-order valence-electron chi connectivity index (χ4n) is 30.9. The van der Waals surface area contributed by atoms with E-state index in [0.29, 0.717) is 5.78 Å². The Bertz CT molecular complexity index is 8910. The van der Waals surface area contributed by atoms with Crippen molar-refractivity contribution >= 4 is 351 Å². The molecule has 4 atom stereocenters. The van der Waals surface area contributed by atoms with Crippen LogP contribution in [0.5, 0.6) is 0 Å². The summed E-state index contributed by atoms with van der Waals surface area (Å²) in [5.74, 6) is 0.538. The second-order valence-corrected chi connectivity index (χ2v) is 30.2. The summed E-state index contributed by atoms with van der Waals surface area (Å²) in [6.45, 7) is 2.75. The predicted molar refractivity (Wildman–Crippen MR) is 328 cm³/mol. The van der Waals surface area contributed by atoms with Crippen molar-refractivity contribution < 1.29 is 4.79 Å². The van der Waals surface area contributed by atoms with Gasteiger partial charge in [0.15, 0.2) is 0 Å². The average Bonchev–Trinajstić information content (AvgIpc) is 1.42. The van der Waals surface area contributed by atoms with Crippen LogP contribution in [0.15, 0.2) is 0 Å². The lowest BCUT2D eigenvalue weighted by molar-refractivity contribution is -0.168. The third kappa shape index (κ3) is 1.39. The fraction of sp³-hybridized carbons (Fsp3) is 0.104. The number of benzene rings is 22. The predicted octanol–water partition coefficient (Wildman–Crippen LogP) is 20.6. The normalized spacial score (nSPS) is 25.9. The molecule has 2 spiro atoms. The standard InChI is InChI=1S/C77H10O/c1-75-4-2-3-5(78)74(75)76-70-63-56-45-34-26-16-12-6-7-9-11-10-8(6)15-18(16)30-36(34)47-48-37(30)35-23(15)21(10)28-27-22(11)24-17(9)20-19-13(7)14(12)25-29(26)42(45)51-49-33(25)31(19)39-32(20)40-38(24)44-41(27)50-43(28)46(35)57-59(48)68(67(70)58(47)56)72-65(57)62(50)66-55(44)53(40)60-52(39)54(49)64(61(51)63)71(76)69(60)73(66)77(72,75)76/h74H,2-4H2,1H3/t74-,75+,76?,77?/m1/s1. The van der Waals surface area contributed by atoms with Gasteiger partial charge in [0, 0.05) is 23.2 Å². The maximum atomic E-state index is 16.4. The number of rotatable bonds is 0. The molecule has 0 N–H and O–H groups in total. The van der Waals surface area contributed by atoms with Crippen molar-refractivity contribution in [2.75, 3.05) is 0 Å². The van der Waals surface area contributed by atoms with Gasteiger partial charge in [0.1, 0.15) is 5.78 Å². The van der Waals surface area contributed by atoms with Crippen molar-refractivity contribution in [3.63, 3.8) is 0 Å². The molecule has 0 radical (unpaired) electrons.